The minimum absolute atomic E-state index is 0.0615. The number of methoxy groups -OCH3 is 1. The summed E-state index contributed by atoms with van der Waals surface area (Å²) in [4.78, 5) is 22.7. The summed E-state index contributed by atoms with van der Waals surface area (Å²) in [6.45, 7) is 0.926. The van der Waals surface area contributed by atoms with Crippen LogP contribution in [0.3, 0.4) is 0 Å². The highest BCUT2D eigenvalue weighted by Gasteiger charge is 2.33. The molecule has 0 spiro atoms. The van der Waals surface area contributed by atoms with E-state index < -0.39 is 23.7 Å². The Kier molecular flexibility index (Phi) is 5.46. The van der Waals surface area contributed by atoms with Crippen molar-refractivity contribution in [1.29, 1.82) is 0 Å². The second-order valence-corrected chi connectivity index (χ2v) is 5.19. The number of ether oxygens (including phenoxy) is 2. The second kappa shape index (κ2) is 7.38. The first kappa shape index (κ1) is 18.5. The van der Waals surface area contributed by atoms with E-state index in [-0.39, 0.29) is 28.9 Å². The van der Waals surface area contributed by atoms with Gasteiger partial charge in [0.1, 0.15) is 6.61 Å². The molecule has 4 nitrogen and oxygen atoms in total. The Morgan fingerprint density at radius 3 is 2.32 bits per heavy atom. The Labute approximate surface area is 142 Å². The molecule has 0 aliphatic heterocycles. The first-order valence-corrected chi connectivity index (χ1v) is 7.25. The summed E-state index contributed by atoms with van der Waals surface area (Å²) in [7, 11) is 1.20. The largest absolute Gasteiger partial charge is 0.465 e. The Hall–Kier alpha value is -2.83. The number of alkyl halides is 3. The van der Waals surface area contributed by atoms with E-state index in [0.717, 1.165) is 6.07 Å². The van der Waals surface area contributed by atoms with Gasteiger partial charge in [-0.25, -0.2) is 4.79 Å². The molecular formula is C18H15F3O4. The van der Waals surface area contributed by atoms with Gasteiger partial charge in [-0.15, -0.1) is 0 Å². The molecule has 0 aliphatic carbocycles. The average Bonchev–Trinajstić information content (AvgIpc) is 2.58. The summed E-state index contributed by atoms with van der Waals surface area (Å²) in [6.07, 6.45) is -4.55. The van der Waals surface area contributed by atoms with Crippen LogP contribution in [0.4, 0.5) is 13.2 Å². The fraction of sp³-hybridized carbons (Fsp3) is 0.222. The minimum Gasteiger partial charge on any atom is -0.465 e. The van der Waals surface area contributed by atoms with Gasteiger partial charge in [-0.2, -0.15) is 13.2 Å². The lowest BCUT2D eigenvalue weighted by Gasteiger charge is -2.16. The van der Waals surface area contributed by atoms with Crippen molar-refractivity contribution in [3.8, 4) is 11.1 Å². The van der Waals surface area contributed by atoms with Gasteiger partial charge in [0.15, 0.2) is 0 Å². The maximum Gasteiger partial charge on any atom is 0.417 e. The summed E-state index contributed by atoms with van der Waals surface area (Å²) in [5.41, 5.74) is -0.229. The summed E-state index contributed by atoms with van der Waals surface area (Å²) in [5, 5.41) is 0. The van der Waals surface area contributed by atoms with E-state index >= 15 is 0 Å². The lowest BCUT2D eigenvalue weighted by molar-refractivity contribution is -0.142. The molecule has 0 saturated carbocycles. The number of carbonyl (C=O) groups excluding carboxylic acids is 2. The molecule has 0 amide bonds. The van der Waals surface area contributed by atoms with Crippen LogP contribution in [0.15, 0.2) is 42.5 Å². The fourth-order valence-corrected chi connectivity index (χ4v) is 2.37. The summed E-state index contributed by atoms with van der Waals surface area (Å²) in [6, 6.07) is 9.18. The van der Waals surface area contributed by atoms with Crippen LogP contribution in [-0.4, -0.2) is 19.0 Å². The molecule has 0 heterocycles. The quantitative estimate of drug-likeness (QED) is 0.773. The molecule has 0 aliphatic rings. The normalized spacial score (nSPS) is 11.1. The highest BCUT2D eigenvalue weighted by Crippen LogP contribution is 2.38. The number of benzene rings is 2. The van der Waals surface area contributed by atoms with E-state index in [2.05, 4.69) is 4.74 Å². The van der Waals surface area contributed by atoms with Gasteiger partial charge in [0.05, 0.1) is 18.2 Å². The van der Waals surface area contributed by atoms with E-state index in [1.807, 2.05) is 0 Å². The van der Waals surface area contributed by atoms with Gasteiger partial charge in [-0.05, 0) is 34.9 Å². The first-order valence-electron chi connectivity index (χ1n) is 7.25. The third kappa shape index (κ3) is 4.37. The lowest BCUT2D eigenvalue weighted by atomic mass is 9.94. The van der Waals surface area contributed by atoms with E-state index in [9.17, 15) is 22.8 Å². The van der Waals surface area contributed by atoms with Crippen LogP contribution in [0.25, 0.3) is 11.1 Å². The number of halogens is 3. The predicted octanol–water partition coefficient (Wildman–Crippen LogP) is 4.22. The molecule has 7 heteroatoms. The molecule has 0 aromatic heterocycles. The van der Waals surface area contributed by atoms with E-state index in [1.54, 1.807) is 0 Å². The smallest absolute Gasteiger partial charge is 0.417 e. The zero-order valence-corrected chi connectivity index (χ0v) is 13.5. The topological polar surface area (TPSA) is 52.6 Å². The SMILES string of the molecule is COC(=O)c1ccc(-c2ccccc2C(F)(F)F)c(COC(C)=O)c1. The maximum atomic E-state index is 13.3. The van der Waals surface area contributed by atoms with E-state index in [0.29, 0.717) is 0 Å². The van der Waals surface area contributed by atoms with Crippen LogP contribution in [0.1, 0.15) is 28.4 Å². The zero-order chi connectivity index (χ0) is 18.6. The molecule has 0 unspecified atom stereocenters. The molecule has 0 saturated heterocycles. The van der Waals surface area contributed by atoms with Crippen LogP contribution in [0.5, 0.6) is 0 Å². The van der Waals surface area contributed by atoms with Crippen LogP contribution in [-0.2, 0) is 27.1 Å². The second-order valence-electron chi connectivity index (χ2n) is 5.19. The molecule has 0 atom stereocenters. The molecule has 0 N–H and O–H groups in total. The van der Waals surface area contributed by atoms with Crippen molar-refractivity contribution >= 4 is 11.9 Å². The maximum absolute atomic E-state index is 13.3. The number of carbonyl (C=O) groups is 2. The van der Waals surface area contributed by atoms with Crippen molar-refractivity contribution in [3.05, 3.63) is 59.2 Å². The van der Waals surface area contributed by atoms with Gasteiger partial charge in [0.2, 0.25) is 0 Å². The molecule has 2 aromatic rings. The Bertz CT molecular complexity index is 797. The van der Waals surface area contributed by atoms with E-state index in [4.69, 9.17) is 4.74 Å². The number of rotatable bonds is 4. The van der Waals surface area contributed by atoms with Gasteiger partial charge in [-0.3, -0.25) is 4.79 Å². The Balaban J connectivity index is 2.61. The van der Waals surface area contributed by atoms with Crippen molar-refractivity contribution in [3.63, 3.8) is 0 Å². The molecule has 2 aromatic carbocycles. The van der Waals surface area contributed by atoms with Crippen LogP contribution >= 0.6 is 0 Å². The third-order valence-electron chi connectivity index (χ3n) is 3.48. The average molecular weight is 352 g/mol. The standard InChI is InChI=1S/C18H15F3O4/c1-11(22)25-10-13-9-12(17(23)24-2)7-8-14(13)15-5-3-4-6-16(15)18(19,20)21/h3-9H,10H2,1-2H3. The van der Waals surface area contributed by atoms with Gasteiger partial charge >= 0.3 is 18.1 Å². The third-order valence-corrected chi connectivity index (χ3v) is 3.48. The van der Waals surface area contributed by atoms with Crippen molar-refractivity contribution in [2.75, 3.05) is 7.11 Å². The molecule has 0 bridgehead atoms. The summed E-state index contributed by atoms with van der Waals surface area (Å²) in [5.74, 6) is -1.22. The molecular weight excluding hydrogens is 337 g/mol. The lowest BCUT2D eigenvalue weighted by Crippen LogP contribution is -2.09. The van der Waals surface area contributed by atoms with Crippen LogP contribution in [0, 0.1) is 0 Å². The van der Waals surface area contributed by atoms with Crippen LogP contribution < -0.4 is 0 Å². The highest BCUT2D eigenvalue weighted by atomic mass is 19.4. The predicted molar refractivity (Wildman–Crippen MR) is 83.7 cm³/mol. The van der Waals surface area contributed by atoms with Gasteiger partial charge in [-0.1, -0.05) is 24.3 Å². The Morgan fingerprint density at radius 2 is 1.72 bits per heavy atom. The fourth-order valence-electron chi connectivity index (χ4n) is 2.37. The Morgan fingerprint density at radius 1 is 1.04 bits per heavy atom. The van der Waals surface area contributed by atoms with Crippen molar-refractivity contribution in [1.82, 2.24) is 0 Å². The molecule has 0 radical (unpaired) electrons. The molecule has 132 valence electrons. The number of esters is 2. The van der Waals surface area contributed by atoms with Crippen molar-refractivity contribution in [2.24, 2.45) is 0 Å². The van der Waals surface area contributed by atoms with Crippen molar-refractivity contribution in [2.45, 2.75) is 19.7 Å². The first-order chi connectivity index (χ1) is 11.7. The summed E-state index contributed by atoms with van der Waals surface area (Å²) >= 11 is 0. The van der Waals surface area contributed by atoms with E-state index in [1.165, 1.54) is 50.4 Å². The summed E-state index contributed by atoms with van der Waals surface area (Å²) < 4.78 is 49.4. The minimum atomic E-state index is -4.55. The molecule has 0 fully saturated rings. The van der Waals surface area contributed by atoms with Gasteiger partial charge in [0, 0.05) is 6.92 Å². The monoisotopic (exact) mass is 352 g/mol. The van der Waals surface area contributed by atoms with Crippen molar-refractivity contribution < 1.29 is 32.2 Å². The number of hydrogen-bond donors (Lipinski definition) is 0. The van der Waals surface area contributed by atoms with Gasteiger partial charge < -0.3 is 9.47 Å². The highest BCUT2D eigenvalue weighted by molar-refractivity contribution is 5.90. The zero-order valence-electron chi connectivity index (χ0n) is 13.5. The molecule has 2 rings (SSSR count). The van der Waals surface area contributed by atoms with Gasteiger partial charge in [0.25, 0.3) is 0 Å². The number of hydrogen-bond acceptors (Lipinski definition) is 4. The molecule has 25 heavy (non-hydrogen) atoms. The van der Waals surface area contributed by atoms with Crippen LogP contribution in [0.2, 0.25) is 0 Å².